The fourth-order valence-corrected chi connectivity index (χ4v) is 2.92. The van der Waals surface area contributed by atoms with Crippen molar-refractivity contribution in [3.63, 3.8) is 0 Å². The lowest BCUT2D eigenvalue weighted by Gasteiger charge is -2.18. The van der Waals surface area contributed by atoms with Gasteiger partial charge in [-0.3, -0.25) is 4.90 Å². The molecule has 0 saturated carbocycles. The van der Waals surface area contributed by atoms with E-state index in [-0.39, 0.29) is 5.82 Å². The van der Waals surface area contributed by atoms with Gasteiger partial charge in [-0.05, 0) is 31.0 Å². The van der Waals surface area contributed by atoms with Crippen LogP contribution in [0, 0.1) is 12.7 Å². The average molecular weight is 284 g/mol. The molecule has 1 aliphatic rings. The Hall–Kier alpha value is -1.87. The summed E-state index contributed by atoms with van der Waals surface area (Å²) in [6.07, 6.45) is 1.10. The Balaban J connectivity index is 1.59. The van der Waals surface area contributed by atoms with E-state index in [1.807, 2.05) is 19.1 Å². The second-order valence-electron chi connectivity index (χ2n) is 5.76. The molecule has 3 heteroatoms. The summed E-state index contributed by atoms with van der Waals surface area (Å²) in [6, 6.07) is 16.2. The van der Waals surface area contributed by atoms with Gasteiger partial charge in [-0.1, -0.05) is 36.4 Å². The standard InChI is InChI=1S/C18H21FN2/c1-14-17(19)8-5-9-18(14)20-16-10-11-21(13-16)12-15-6-3-2-4-7-15/h2-9,16,20H,10-13H2,1H3. The molecule has 0 aromatic heterocycles. The molecule has 110 valence electrons. The van der Waals surface area contributed by atoms with E-state index in [1.54, 1.807) is 6.07 Å². The van der Waals surface area contributed by atoms with Crippen LogP contribution in [0.2, 0.25) is 0 Å². The molecule has 0 amide bonds. The summed E-state index contributed by atoms with van der Waals surface area (Å²) in [7, 11) is 0. The maximum absolute atomic E-state index is 13.6. The van der Waals surface area contributed by atoms with Crippen molar-refractivity contribution in [1.29, 1.82) is 0 Å². The maximum Gasteiger partial charge on any atom is 0.128 e. The minimum absolute atomic E-state index is 0.140. The molecule has 1 atom stereocenters. The van der Waals surface area contributed by atoms with E-state index in [0.29, 0.717) is 11.6 Å². The SMILES string of the molecule is Cc1c(F)cccc1NC1CCN(Cc2ccccc2)C1. The normalized spacial score (nSPS) is 18.9. The Bertz CT molecular complexity index is 597. The zero-order chi connectivity index (χ0) is 14.7. The van der Waals surface area contributed by atoms with Gasteiger partial charge >= 0.3 is 0 Å². The van der Waals surface area contributed by atoms with Crippen molar-refractivity contribution in [2.75, 3.05) is 18.4 Å². The lowest BCUT2D eigenvalue weighted by atomic mass is 10.1. The van der Waals surface area contributed by atoms with Crippen LogP contribution in [0.25, 0.3) is 0 Å². The van der Waals surface area contributed by atoms with E-state index >= 15 is 0 Å². The minimum Gasteiger partial charge on any atom is -0.381 e. The lowest BCUT2D eigenvalue weighted by Crippen LogP contribution is -2.26. The van der Waals surface area contributed by atoms with Gasteiger partial charge in [-0.2, -0.15) is 0 Å². The zero-order valence-electron chi connectivity index (χ0n) is 12.3. The molecule has 1 aliphatic heterocycles. The van der Waals surface area contributed by atoms with Crippen LogP contribution in [0.15, 0.2) is 48.5 Å². The quantitative estimate of drug-likeness (QED) is 0.918. The van der Waals surface area contributed by atoms with Gasteiger partial charge in [-0.25, -0.2) is 4.39 Å². The molecule has 21 heavy (non-hydrogen) atoms. The molecular formula is C18H21FN2. The van der Waals surface area contributed by atoms with E-state index in [2.05, 4.69) is 34.5 Å². The van der Waals surface area contributed by atoms with Crippen LogP contribution in [0.4, 0.5) is 10.1 Å². The number of hydrogen-bond acceptors (Lipinski definition) is 2. The first-order chi connectivity index (χ1) is 10.2. The van der Waals surface area contributed by atoms with Gasteiger partial charge in [0.15, 0.2) is 0 Å². The van der Waals surface area contributed by atoms with E-state index in [4.69, 9.17) is 0 Å². The number of anilines is 1. The average Bonchev–Trinajstić information content (AvgIpc) is 2.92. The van der Waals surface area contributed by atoms with Gasteiger partial charge in [-0.15, -0.1) is 0 Å². The van der Waals surface area contributed by atoms with Crippen molar-refractivity contribution in [2.24, 2.45) is 0 Å². The molecule has 1 fully saturated rings. The molecule has 2 aromatic carbocycles. The van der Waals surface area contributed by atoms with Crippen LogP contribution >= 0.6 is 0 Å². The number of halogens is 1. The summed E-state index contributed by atoms with van der Waals surface area (Å²) in [5.74, 6) is -0.140. The van der Waals surface area contributed by atoms with Crippen molar-refractivity contribution in [1.82, 2.24) is 4.90 Å². The summed E-state index contributed by atoms with van der Waals surface area (Å²) >= 11 is 0. The van der Waals surface area contributed by atoms with Crippen molar-refractivity contribution in [3.8, 4) is 0 Å². The summed E-state index contributed by atoms with van der Waals surface area (Å²) < 4.78 is 13.6. The largest absolute Gasteiger partial charge is 0.381 e. The van der Waals surface area contributed by atoms with E-state index < -0.39 is 0 Å². The molecule has 1 saturated heterocycles. The molecule has 1 N–H and O–H groups in total. The van der Waals surface area contributed by atoms with Crippen molar-refractivity contribution >= 4 is 5.69 Å². The Kier molecular flexibility index (Phi) is 4.20. The van der Waals surface area contributed by atoms with Crippen LogP contribution in [-0.4, -0.2) is 24.0 Å². The van der Waals surface area contributed by atoms with Crippen LogP contribution < -0.4 is 5.32 Å². The van der Waals surface area contributed by atoms with Gasteiger partial charge < -0.3 is 5.32 Å². The van der Waals surface area contributed by atoms with Gasteiger partial charge in [0.05, 0.1) is 0 Å². The number of benzene rings is 2. The molecule has 0 bridgehead atoms. The Morgan fingerprint density at radius 1 is 1.14 bits per heavy atom. The first-order valence-corrected chi connectivity index (χ1v) is 7.50. The van der Waals surface area contributed by atoms with Gasteiger partial charge in [0.1, 0.15) is 5.82 Å². The van der Waals surface area contributed by atoms with Crippen molar-refractivity contribution < 1.29 is 4.39 Å². The van der Waals surface area contributed by atoms with E-state index in [0.717, 1.165) is 31.7 Å². The zero-order valence-corrected chi connectivity index (χ0v) is 12.3. The third-order valence-corrected chi connectivity index (χ3v) is 4.15. The molecule has 1 heterocycles. The second-order valence-corrected chi connectivity index (χ2v) is 5.76. The highest BCUT2D eigenvalue weighted by atomic mass is 19.1. The van der Waals surface area contributed by atoms with Crippen LogP contribution in [0.3, 0.4) is 0 Å². The highest BCUT2D eigenvalue weighted by molar-refractivity contribution is 5.51. The summed E-state index contributed by atoms with van der Waals surface area (Å²) in [6.45, 7) is 4.90. The number of likely N-dealkylation sites (tertiary alicyclic amines) is 1. The number of nitrogens with zero attached hydrogens (tertiary/aromatic N) is 1. The third kappa shape index (κ3) is 3.42. The molecule has 0 radical (unpaired) electrons. The third-order valence-electron chi connectivity index (χ3n) is 4.15. The molecular weight excluding hydrogens is 263 g/mol. The predicted octanol–water partition coefficient (Wildman–Crippen LogP) is 3.82. The monoisotopic (exact) mass is 284 g/mol. The van der Waals surface area contributed by atoms with Crippen molar-refractivity contribution in [3.05, 3.63) is 65.5 Å². The highest BCUT2D eigenvalue weighted by Crippen LogP contribution is 2.22. The van der Waals surface area contributed by atoms with Gasteiger partial charge in [0.25, 0.3) is 0 Å². The molecule has 1 unspecified atom stereocenters. The predicted molar refractivity (Wildman–Crippen MR) is 84.9 cm³/mol. The first kappa shape index (κ1) is 14.1. The maximum atomic E-state index is 13.6. The minimum atomic E-state index is -0.140. The molecule has 2 nitrogen and oxygen atoms in total. The van der Waals surface area contributed by atoms with Crippen LogP contribution in [0.1, 0.15) is 17.5 Å². The van der Waals surface area contributed by atoms with Crippen molar-refractivity contribution in [2.45, 2.75) is 25.9 Å². The van der Waals surface area contributed by atoms with E-state index in [1.165, 1.54) is 11.6 Å². The Morgan fingerprint density at radius 3 is 2.76 bits per heavy atom. The fourth-order valence-electron chi connectivity index (χ4n) is 2.92. The Labute approximate surface area is 125 Å². The van der Waals surface area contributed by atoms with Crippen LogP contribution in [0.5, 0.6) is 0 Å². The smallest absolute Gasteiger partial charge is 0.128 e. The molecule has 2 aromatic rings. The molecule has 3 rings (SSSR count). The Morgan fingerprint density at radius 2 is 1.95 bits per heavy atom. The van der Waals surface area contributed by atoms with Gasteiger partial charge in [0, 0.05) is 36.9 Å². The number of nitrogens with one attached hydrogen (secondary N) is 1. The summed E-state index contributed by atoms with van der Waals surface area (Å²) in [5, 5.41) is 3.48. The van der Waals surface area contributed by atoms with Gasteiger partial charge in [0.2, 0.25) is 0 Å². The van der Waals surface area contributed by atoms with Crippen LogP contribution in [-0.2, 0) is 6.54 Å². The summed E-state index contributed by atoms with van der Waals surface area (Å²) in [5.41, 5.74) is 2.97. The lowest BCUT2D eigenvalue weighted by molar-refractivity contribution is 0.328. The topological polar surface area (TPSA) is 15.3 Å². The second kappa shape index (κ2) is 6.27. The summed E-state index contributed by atoms with van der Waals surface area (Å²) in [4.78, 5) is 2.45. The molecule has 0 aliphatic carbocycles. The number of rotatable bonds is 4. The highest BCUT2D eigenvalue weighted by Gasteiger charge is 2.22. The molecule has 0 spiro atoms. The number of hydrogen-bond donors (Lipinski definition) is 1. The fraction of sp³-hybridized carbons (Fsp3) is 0.333. The first-order valence-electron chi connectivity index (χ1n) is 7.50. The van der Waals surface area contributed by atoms with E-state index in [9.17, 15) is 4.39 Å².